The first kappa shape index (κ1) is 22.3. The van der Waals surface area contributed by atoms with Crippen LogP contribution in [0.1, 0.15) is 11.1 Å². The van der Waals surface area contributed by atoms with Gasteiger partial charge in [-0.1, -0.05) is 78.9 Å². The van der Waals surface area contributed by atoms with E-state index in [-0.39, 0.29) is 0 Å². The Morgan fingerprint density at radius 1 is 0.632 bits per heavy atom. The summed E-state index contributed by atoms with van der Waals surface area (Å²) in [6, 6.07) is 40.4. The molecule has 2 aromatic heterocycles. The molecule has 182 valence electrons. The number of furan rings is 1. The average Bonchev–Trinajstić information content (AvgIpc) is 3.55. The van der Waals surface area contributed by atoms with E-state index in [9.17, 15) is 0 Å². The van der Waals surface area contributed by atoms with Gasteiger partial charge in [-0.2, -0.15) is 0 Å². The number of hydrogen-bond donors (Lipinski definition) is 0. The van der Waals surface area contributed by atoms with Gasteiger partial charge in [0.15, 0.2) is 0 Å². The van der Waals surface area contributed by atoms with Gasteiger partial charge in [0.2, 0.25) is 0 Å². The second kappa shape index (κ2) is 8.89. The molecule has 0 N–H and O–H groups in total. The Labute approximate surface area is 221 Å². The van der Waals surface area contributed by atoms with E-state index in [2.05, 4.69) is 122 Å². The first-order valence-corrected chi connectivity index (χ1v) is 12.9. The summed E-state index contributed by atoms with van der Waals surface area (Å²) in [5.74, 6) is 0.871. The highest BCUT2D eigenvalue weighted by Gasteiger charge is 2.19. The van der Waals surface area contributed by atoms with Gasteiger partial charge in [0.05, 0.1) is 16.6 Å². The Hall–Kier alpha value is -4.89. The first-order valence-electron chi connectivity index (χ1n) is 12.9. The molecule has 0 saturated heterocycles. The van der Waals surface area contributed by atoms with E-state index in [1.807, 2.05) is 18.4 Å². The summed E-state index contributed by atoms with van der Waals surface area (Å²) in [5, 5.41) is 1.06. The van der Waals surface area contributed by atoms with Crippen molar-refractivity contribution in [1.29, 1.82) is 0 Å². The van der Waals surface area contributed by atoms with E-state index in [1.165, 1.54) is 33.4 Å². The van der Waals surface area contributed by atoms with E-state index in [0.717, 1.165) is 39.1 Å². The molecule has 0 bridgehead atoms. The lowest BCUT2D eigenvalue weighted by atomic mass is 9.94. The smallest absolute Gasteiger partial charge is 0.149 e. The van der Waals surface area contributed by atoms with Crippen molar-refractivity contribution in [2.24, 2.45) is 0 Å². The predicted octanol–water partition coefficient (Wildman–Crippen LogP) is 9.39. The van der Waals surface area contributed by atoms with E-state index in [1.54, 1.807) is 0 Å². The van der Waals surface area contributed by atoms with E-state index in [4.69, 9.17) is 9.40 Å². The highest BCUT2D eigenvalue weighted by Crippen LogP contribution is 2.38. The number of rotatable bonds is 4. The first-order chi connectivity index (χ1) is 18.7. The molecule has 0 spiro atoms. The highest BCUT2D eigenvalue weighted by atomic mass is 16.3. The molecule has 0 unspecified atom stereocenters. The van der Waals surface area contributed by atoms with Crippen molar-refractivity contribution in [3.8, 4) is 39.3 Å². The van der Waals surface area contributed by atoms with Crippen LogP contribution in [0.25, 0.3) is 61.3 Å². The van der Waals surface area contributed by atoms with E-state index in [0.29, 0.717) is 0 Å². The Balaban J connectivity index is 1.42. The van der Waals surface area contributed by atoms with Crippen molar-refractivity contribution in [3.63, 3.8) is 0 Å². The van der Waals surface area contributed by atoms with Crippen LogP contribution < -0.4 is 0 Å². The number of hydrogen-bond acceptors (Lipinski definition) is 2. The van der Waals surface area contributed by atoms with Crippen LogP contribution >= 0.6 is 0 Å². The summed E-state index contributed by atoms with van der Waals surface area (Å²) < 4.78 is 8.30. The minimum Gasteiger partial charge on any atom is -0.464 e. The zero-order chi connectivity index (χ0) is 25.6. The third kappa shape index (κ3) is 3.63. The van der Waals surface area contributed by atoms with E-state index >= 15 is 0 Å². The predicted molar refractivity (Wildman–Crippen MR) is 157 cm³/mol. The Morgan fingerprint density at radius 3 is 2.11 bits per heavy atom. The lowest BCUT2D eigenvalue weighted by Crippen LogP contribution is -1.97. The van der Waals surface area contributed by atoms with Gasteiger partial charge in [0.1, 0.15) is 17.7 Å². The molecule has 3 heteroatoms. The molecular weight excluding hydrogens is 464 g/mol. The van der Waals surface area contributed by atoms with Crippen LogP contribution in [0.4, 0.5) is 0 Å². The standard InChI is InChI=1S/C35H26N2O/c1-23-9-8-10-24(2)34(23)27-17-20-33-29(21-27)30(22-38-33)35-36-31-13-6-7-14-32(31)37(35)28-18-15-26(16-19-28)25-11-4-3-5-12-25/h3-22H,1-2H3. The van der Waals surface area contributed by atoms with Gasteiger partial charge < -0.3 is 4.42 Å². The van der Waals surface area contributed by atoms with Gasteiger partial charge in [-0.15, -0.1) is 0 Å². The Morgan fingerprint density at radius 2 is 1.32 bits per heavy atom. The maximum Gasteiger partial charge on any atom is 0.149 e. The number of aromatic nitrogens is 2. The van der Waals surface area contributed by atoms with Crippen LogP contribution in [0.2, 0.25) is 0 Å². The van der Waals surface area contributed by atoms with Crippen LogP contribution in [0.5, 0.6) is 0 Å². The van der Waals surface area contributed by atoms with Crippen molar-refractivity contribution < 1.29 is 4.42 Å². The molecule has 0 saturated carbocycles. The summed E-state index contributed by atoms with van der Waals surface area (Å²) in [7, 11) is 0. The Bertz CT molecular complexity index is 1900. The number of benzene rings is 5. The summed E-state index contributed by atoms with van der Waals surface area (Å²) in [6.07, 6.45) is 1.84. The molecule has 0 atom stereocenters. The molecule has 3 nitrogen and oxygen atoms in total. The highest BCUT2D eigenvalue weighted by molar-refractivity contribution is 5.98. The van der Waals surface area contributed by atoms with Crippen LogP contribution in [-0.2, 0) is 0 Å². The molecular formula is C35H26N2O. The molecule has 0 aliphatic heterocycles. The minimum atomic E-state index is 0.855. The summed E-state index contributed by atoms with van der Waals surface area (Å²) in [5.41, 5.74) is 12.3. The number of aryl methyl sites for hydroxylation is 2. The molecule has 0 radical (unpaired) electrons. The van der Waals surface area contributed by atoms with Crippen LogP contribution in [0, 0.1) is 13.8 Å². The monoisotopic (exact) mass is 490 g/mol. The van der Waals surface area contributed by atoms with Crippen molar-refractivity contribution >= 4 is 22.0 Å². The molecule has 0 aliphatic rings. The lowest BCUT2D eigenvalue weighted by Gasteiger charge is -2.11. The molecule has 0 amide bonds. The molecule has 0 fully saturated rings. The minimum absolute atomic E-state index is 0.855. The second-order valence-electron chi connectivity index (χ2n) is 9.80. The normalized spacial score (nSPS) is 11.4. The van der Waals surface area contributed by atoms with Crippen molar-refractivity contribution in [1.82, 2.24) is 9.55 Å². The van der Waals surface area contributed by atoms with Gasteiger partial charge in [-0.05, 0) is 83.6 Å². The molecule has 0 aliphatic carbocycles. The summed E-state index contributed by atoms with van der Waals surface area (Å²) >= 11 is 0. The summed E-state index contributed by atoms with van der Waals surface area (Å²) in [4.78, 5) is 5.10. The molecule has 7 rings (SSSR count). The number of imidazole rings is 1. The molecule has 2 heterocycles. The summed E-state index contributed by atoms with van der Waals surface area (Å²) in [6.45, 7) is 4.34. The van der Waals surface area contributed by atoms with Gasteiger partial charge in [-0.3, -0.25) is 4.57 Å². The third-order valence-corrected chi connectivity index (χ3v) is 7.38. The zero-order valence-corrected chi connectivity index (χ0v) is 21.3. The largest absolute Gasteiger partial charge is 0.464 e. The molecule has 38 heavy (non-hydrogen) atoms. The van der Waals surface area contributed by atoms with Crippen LogP contribution in [-0.4, -0.2) is 9.55 Å². The quantitative estimate of drug-likeness (QED) is 0.246. The van der Waals surface area contributed by atoms with Gasteiger partial charge in [-0.25, -0.2) is 4.98 Å². The second-order valence-corrected chi connectivity index (χ2v) is 9.80. The van der Waals surface area contributed by atoms with Crippen molar-refractivity contribution in [3.05, 3.63) is 133 Å². The van der Waals surface area contributed by atoms with E-state index < -0.39 is 0 Å². The van der Waals surface area contributed by atoms with Gasteiger partial charge in [0, 0.05) is 11.1 Å². The maximum absolute atomic E-state index is 6.07. The van der Waals surface area contributed by atoms with Crippen LogP contribution in [0.15, 0.2) is 126 Å². The van der Waals surface area contributed by atoms with Crippen molar-refractivity contribution in [2.75, 3.05) is 0 Å². The topological polar surface area (TPSA) is 31.0 Å². The lowest BCUT2D eigenvalue weighted by molar-refractivity contribution is 0.616. The zero-order valence-electron chi connectivity index (χ0n) is 21.3. The number of fused-ring (bicyclic) bond motifs is 2. The van der Waals surface area contributed by atoms with Crippen molar-refractivity contribution in [2.45, 2.75) is 13.8 Å². The number of nitrogens with zero attached hydrogens (tertiary/aromatic N) is 2. The van der Waals surface area contributed by atoms with Gasteiger partial charge in [0.25, 0.3) is 0 Å². The fraction of sp³-hybridized carbons (Fsp3) is 0.0571. The fourth-order valence-corrected chi connectivity index (χ4v) is 5.53. The number of para-hydroxylation sites is 2. The fourth-order valence-electron chi connectivity index (χ4n) is 5.53. The molecule has 7 aromatic rings. The average molecular weight is 491 g/mol. The Kier molecular flexibility index (Phi) is 5.22. The van der Waals surface area contributed by atoms with Gasteiger partial charge >= 0.3 is 0 Å². The maximum atomic E-state index is 6.07. The van der Waals surface area contributed by atoms with Crippen LogP contribution in [0.3, 0.4) is 0 Å². The SMILES string of the molecule is Cc1cccc(C)c1-c1ccc2occ(-c3nc4ccccc4n3-c3ccc(-c4ccccc4)cc3)c2c1. The molecule has 5 aromatic carbocycles. The third-order valence-electron chi connectivity index (χ3n) is 7.38.